The Balaban J connectivity index is 2.19. The lowest BCUT2D eigenvalue weighted by atomic mass is 10.1. The van der Waals surface area contributed by atoms with Gasteiger partial charge in [-0.25, -0.2) is 5.43 Å². The van der Waals surface area contributed by atoms with Crippen LogP contribution in [0.25, 0.3) is 5.69 Å². The molecule has 0 saturated heterocycles. The molecule has 27 heavy (non-hydrogen) atoms. The molecule has 7 nitrogen and oxygen atoms in total. The second-order valence-electron chi connectivity index (χ2n) is 6.27. The predicted molar refractivity (Wildman–Crippen MR) is 108 cm³/mol. The molecule has 1 amide bonds. The molecular formula is C19H24N4O3S. The fourth-order valence-corrected chi connectivity index (χ4v) is 2.81. The highest BCUT2D eigenvalue weighted by Crippen LogP contribution is 2.18. The van der Waals surface area contributed by atoms with Crippen molar-refractivity contribution in [3.63, 3.8) is 0 Å². The fraction of sp³-hybridized carbons (Fsp3) is 0.368. The van der Waals surface area contributed by atoms with E-state index >= 15 is 0 Å². The van der Waals surface area contributed by atoms with Gasteiger partial charge in [0.25, 0.3) is 5.56 Å². The molecule has 0 aliphatic heterocycles. The number of aromatic amines is 1. The molecule has 2 aromatic rings. The van der Waals surface area contributed by atoms with E-state index in [0.29, 0.717) is 12.1 Å². The number of carbonyl (C=O) groups excluding carboxylic acids is 1. The largest absolute Gasteiger partial charge is 0.494 e. The third-order valence-electron chi connectivity index (χ3n) is 4.05. The number of unbranched alkanes of at least 4 members (excludes halogenated alkanes) is 3. The molecule has 3 N–H and O–H groups in total. The minimum Gasteiger partial charge on any atom is -0.494 e. The van der Waals surface area contributed by atoms with E-state index in [1.807, 2.05) is 19.1 Å². The first kappa shape index (κ1) is 20.6. The van der Waals surface area contributed by atoms with E-state index in [1.54, 1.807) is 12.1 Å². The second kappa shape index (κ2) is 9.82. The van der Waals surface area contributed by atoms with Crippen molar-refractivity contribution < 1.29 is 9.90 Å². The van der Waals surface area contributed by atoms with Crippen molar-refractivity contribution in [2.24, 2.45) is 5.10 Å². The summed E-state index contributed by atoms with van der Waals surface area (Å²) in [6.45, 7) is 4.05. The molecule has 0 saturated carbocycles. The zero-order valence-electron chi connectivity index (χ0n) is 15.5. The van der Waals surface area contributed by atoms with Crippen LogP contribution in [-0.4, -0.2) is 26.8 Å². The van der Waals surface area contributed by atoms with Crippen LogP contribution in [0.3, 0.4) is 0 Å². The van der Waals surface area contributed by atoms with E-state index < -0.39 is 5.56 Å². The van der Waals surface area contributed by atoms with Gasteiger partial charge >= 0.3 is 0 Å². The average Bonchev–Trinajstić information content (AvgIpc) is 2.63. The van der Waals surface area contributed by atoms with Crippen LogP contribution in [0.1, 0.15) is 50.2 Å². The molecular weight excluding hydrogens is 364 g/mol. The van der Waals surface area contributed by atoms with Gasteiger partial charge in [0.15, 0.2) is 4.77 Å². The number of aryl methyl sites for hydroxylation is 1. The van der Waals surface area contributed by atoms with Crippen molar-refractivity contribution in [1.29, 1.82) is 0 Å². The Kier molecular flexibility index (Phi) is 7.48. The maximum Gasteiger partial charge on any atom is 0.264 e. The number of nitrogens with zero attached hydrogens (tertiary/aromatic N) is 2. The number of carbonyl (C=O) groups is 1. The first-order valence-electron chi connectivity index (χ1n) is 8.91. The van der Waals surface area contributed by atoms with Crippen LogP contribution in [0.15, 0.2) is 34.2 Å². The van der Waals surface area contributed by atoms with Crippen molar-refractivity contribution in [3.8, 4) is 11.6 Å². The van der Waals surface area contributed by atoms with Gasteiger partial charge in [-0.2, -0.15) is 5.10 Å². The predicted octanol–water partition coefficient (Wildman–Crippen LogP) is 3.33. The van der Waals surface area contributed by atoms with Crippen molar-refractivity contribution in [2.75, 3.05) is 0 Å². The topological polar surface area (TPSA) is 99.5 Å². The summed E-state index contributed by atoms with van der Waals surface area (Å²) in [5.74, 6) is -0.571. The van der Waals surface area contributed by atoms with Gasteiger partial charge in [-0.15, -0.1) is 0 Å². The van der Waals surface area contributed by atoms with Crippen LogP contribution in [0, 0.1) is 11.7 Å². The fourth-order valence-electron chi connectivity index (χ4n) is 2.53. The van der Waals surface area contributed by atoms with Gasteiger partial charge in [0.1, 0.15) is 5.56 Å². The van der Waals surface area contributed by atoms with E-state index in [1.165, 1.54) is 4.57 Å². The summed E-state index contributed by atoms with van der Waals surface area (Å²) in [6.07, 6.45) is 5.46. The van der Waals surface area contributed by atoms with Gasteiger partial charge in [-0.05, 0) is 37.7 Å². The Bertz CT molecular complexity index is 929. The summed E-state index contributed by atoms with van der Waals surface area (Å²) in [5, 5.41) is 14.3. The van der Waals surface area contributed by atoms with E-state index in [-0.39, 0.29) is 22.1 Å². The number of rotatable bonds is 8. The Morgan fingerprint density at radius 1 is 1.30 bits per heavy atom. The maximum atomic E-state index is 12.1. The van der Waals surface area contributed by atoms with E-state index in [4.69, 9.17) is 12.2 Å². The van der Waals surface area contributed by atoms with E-state index in [9.17, 15) is 14.7 Å². The first-order valence-corrected chi connectivity index (χ1v) is 9.32. The normalized spacial score (nSPS) is 11.0. The third-order valence-corrected chi connectivity index (χ3v) is 4.34. The molecule has 0 fully saturated rings. The summed E-state index contributed by atoms with van der Waals surface area (Å²) in [7, 11) is 0. The third kappa shape index (κ3) is 5.62. The molecule has 0 bridgehead atoms. The van der Waals surface area contributed by atoms with E-state index in [2.05, 4.69) is 22.4 Å². The highest BCUT2D eigenvalue weighted by Gasteiger charge is 2.12. The Labute approximate surface area is 162 Å². The molecule has 0 spiro atoms. The molecule has 0 radical (unpaired) electrons. The van der Waals surface area contributed by atoms with Crippen LogP contribution in [0.5, 0.6) is 5.88 Å². The van der Waals surface area contributed by atoms with Gasteiger partial charge in [-0.3, -0.25) is 19.1 Å². The van der Waals surface area contributed by atoms with Crippen LogP contribution >= 0.6 is 12.2 Å². The average molecular weight is 388 g/mol. The zero-order chi connectivity index (χ0) is 19.8. The smallest absolute Gasteiger partial charge is 0.264 e. The maximum absolute atomic E-state index is 12.1. The van der Waals surface area contributed by atoms with Crippen LogP contribution in [0.4, 0.5) is 0 Å². The standard InChI is InChI=1S/C19H24N4O3S/c1-3-4-5-6-7-16(24)22-20-12-15-17(25)21-19(27)23(18(15)26)14-10-8-13(2)9-11-14/h8-12,26H,3-7H2,1-2H3,(H,22,24)(H,21,25,27)/b20-12+. The van der Waals surface area contributed by atoms with Crippen molar-refractivity contribution in [1.82, 2.24) is 15.0 Å². The molecule has 1 aromatic heterocycles. The highest BCUT2D eigenvalue weighted by molar-refractivity contribution is 7.71. The molecule has 2 rings (SSSR count). The number of amides is 1. The Morgan fingerprint density at radius 3 is 2.67 bits per heavy atom. The molecule has 144 valence electrons. The molecule has 0 aliphatic carbocycles. The Hall–Kier alpha value is -2.74. The molecule has 1 heterocycles. The number of H-pyrrole nitrogens is 1. The number of hydrogen-bond acceptors (Lipinski definition) is 5. The molecule has 0 aliphatic rings. The van der Waals surface area contributed by atoms with E-state index in [0.717, 1.165) is 37.5 Å². The number of aromatic nitrogens is 2. The number of nitrogens with one attached hydrogen (secondary N) is 2. The summed E-state index contributed by atoms with van der Waals surface area (Å²) >= 11 is 5.16. The molecule has 0 atom stereocenters. The lowest BCUT2D eigenvalue weighted by molar-refractivity contribution is -0.121. The van der Waals surface area contributed by atoms with Gasteiger partial charge in [0.2, 0.25) is 11.8 Å². The first-order chi connectivity index (χ1) is 12.9. The number of benzene rings is 1. The zero-order valence-corrected chi connectivity index (χ0v) is 16.3. The Morgan fingerprint density at radius 2 is 2.00 bits per heavy atom. The monoisotopic (exact) mass is 388 g/mol. The van der Waals surface area contributed by atoms with Crippen LogP contribution in [-0.2, 0) is 4.79 Å². The van der Waals surface area contributed by atoms with Gasteiger partial charge in [0.05, 0.1) is 11.9 Å². The lowest BCUT2D eigenvalue weighted by Crippen LogP contribution is -2.21. The van der Waals surface area contributed by atoms with Gasteiger partial charge in [-0.1, -0.05) is 43.9 Å². The summed E-state index contributed by atoms with van der Waals surface area (Å²) < 4.78 is 1.41. The van der Waals surface area contributed by atoms with Gasteiger partial charge < -0.3 is 5.11 Å². The highest BCUT2D eigenvalue weighted by atomic mass is 32.1. The quantitative estimate of drug-likeness (QED) is 0.279. The second-order valence-corrected chi connectivity index (χ2v) is 6.66. The minimum atomic E-state index is -0.582. The number of hydrazone groups is 1. The molecule has 1 aromatic carbocycles. The van der Waals surface area contributed by atoms with Crippen molar-refractivity contribution in [3.05, 3.63) is 50.5 Å². The number of aromatic hydroxyl groups is 1. The number of hydrogen-bond donors (Lipinski definition) is 3. The minimum absolute atomic E-state index is 0.0680. The van der Waals surface area contributed by atoms with Crippen molar-refractivity contribution in [2.45, 2.75) is 46.0 Å². The van der Waals surface area contributed by atoms with Crippen molar-refractivity contribution >= 4 is 24.3 Å². The summed E-state index contributed by atoms with van der Waals surface area (Å²) in [4.78, 5) is 26.4. The molecule has 0 unspecified atom stereocenters. The summed E-state index contributed by atoms with van der Waals surface area (Å²) in [5.41, 5.74) is 3.36. The van der Waals surface area contributed by atoms with Gasteiger partial charge in [0, 0.05) is 6.42 Å². The lowest BCUT2D eigenvalue weighted by Gasteiger charge is -2.11. The SMILES string of the molecule is CCCCCCC(=O)N/N=C/c1c(O)n(-c2ccc(C)cc2)c(=S)[nH]c1=O. The van der Waals surface area contributed by atoms with Crippen LogP contribution < -0.4 is 11.0 Å². The van der Waals surface area contributed by atoms with Crippen LogP contribution in [0.2, 0.25) is 0 Å². The summed E-state index contributed by atoms with van der Waals surface area (Å²) in [6, 6.07) is 7.30. The molecule has 8 heteroatoms.